The van der Waals surface area contributed by atoms with E-state index in [0.717, 1.165) is 33.2 Å². The fourth-order valence-corrected chi connectivity index (χ4v) is 7.89. The molecule has 2 heterocycles. The molecule has 0 aliphatic heterocycles. The Kier molecular flexibility index (Phi) is 6.61. The highest BCUT2D eigenvalue weighted by atomic mass is 15.0. The van der Waals surface area contributed by atoms with Crippen molar-refractivity contribution in [2.45, 2.75) is 51.4 Å². The Morgan fingerprint density at radius 1 is 0.449 bits per heavy atom. The first-order valence-electron chi connectivity index (χ1n) is 17.3. The molecule has 0 N–H and O–H groups in total. The van der Waals surface area contributed by atoms with E-state index in [1.807, 2.05) is 36.4 Å². The summed E-state index contributed by atoms with van der Waals surface area (Å²) in [7, 11) is 0. The van der Waals surface area contributed by atoms with Gasteiger partial charge in [0, 0.05) is 32.8 Å². The summed E-state index contributed by atoms with van der Waals surface area (Å²) in [6.07, 6.45) is 2.37. The zero-order valence-electron chi connectivity index (χ0n) is 28.4. The molecule has 6 aromatic carbocycles. The number of para-hydroxylation sites is 1. The molecule has 8 aromatic rings. The number of nitrogens with zero attached hydrogens (tertiary/aromatic N) is 4. The van der Waals surface area contributed by atoms with Gasteiger partial charge in [0.1, 0.15) is 0 Å². The molecule has 0 atom stereocenters. The van der Waals surface area contributed by atoms with Crippen LogP contribution in [0, 0.1) is 0 Å². The van der Waals surface area contributed by atoms with Gasteiger partial charge < -0.3 is 4.57 Å². The molecule has 0 unspecified atom stereocenters. The Labute approximate surface area is 287 Å². The van der Waals surface area contributed by atoms with E-state index in [2.05, 4.69) is 129 Å². The maximum Gasteiger partial charge on any atom is 0.164 e. The van der Waals surface area contributed by atoms with E-state index in [9.17, 15) is 0 Å². The summed E-state index contributed by atoms with van der Waals surface area (Å²) < 4.78 is 2.48. The lowest BCUT2D eigenvalue weighted by atomic mass is 9.63. The first-order valence-corrected chi connectivity index (χ1v) is 17.3. The number of hydrogen-bond donors (Lipinski definition) is 0. The molecule has 0 bridgehead atoms. The number of hydrogen-bond acceptors (Lipinski definition) is 3. The molecule has 238 valence electrons. The van der Waals surface area contributed by atoms with Gasteiger partial charge >= 0.3 is 0 Å². The minimum Gasteiger partial charge on any atom is -0.309 e. The van der Waals surface area contributed by atoms with E-state index in [0.29, 0.717) is 17.5 Å². The summed E-state index contributed by atoms with van der Waals surface area (Å²) in [6, 6.07) is 47.3. The number of fused-ring (bicyclic) bond motifs is 5. The monoisotopic (exact) mass is 634 g/mol. The van der Waals surface area contributed by atoms with Crippen molar-refractivity contribution >= 4 is 32.6 Å². The van der Waals surface area contributed by atoms with Crippen LogP contribution < -0.4 is 0 Å². The maximum absolute atomic E-state index is 5.09. The molecule has 2 aromatic heterocycles. The van der Waals surface area contributed by atoms with E-state index in [1.54, 1.807) is 0 Å². The van der Waals surface area contributed by atoms with Gasteiger partial charge in [0.15, 0.2) is 17.5 Å². The van der Waals surface area contributed by atoms with Crippen LogP contribution in [0.2, 0.25) is 0 Å². The van der Waals surface area contributed by atoms with Crippen LogP contribution >= 0.6 is 0 Å². The standard InChI is InChI=1S/C45H38N4/c1-44(2)25-26-45(3,4)37-28-40-35(27-36(37)44)33-21-13-14-22-38(33)49(40)39-24-23-34(31-19-11-12-20-32(31)39)43-47-41(29-15-7-5-8-16-29)46-42(48-43)30-17-9-6-10-18-30/h5-24,27-28H,25-26H2,1-4H3. The van der Waals surface area contributed by atoms with Gasteiger partial charge in [0.25, 0.3) is 0 Å². The molecule has 49 heavy (non-hydrogen) atoms. The molecule has 0 spiro atoms. The average molecular weight is 635 g/mol. The van der Waals surface area contributed by atoms with Gasteiger partial charge in [-0.15, -0.1) is 0 Å². The van der Waals surface area contributed by atoms with E-state index >= 15 is 0 Å². The smallest absolute Gasteiger partial charge is 0.164 e. The quantitative estimate of drug-likeness (QED) is 0.193. The van der Waals surface area contributed by atoms with Gasteiger partial charge in [0.05, 0.1) is 16.7 Å². The fourth-order valence-electron chi connectivity index (χ4n) is 7.89. The Hall–Kier alpha value is -5.61. The molecular formula is C45H38N4. The fraction of sp³-hybridized carbons (Fsp3) is 0.178. The van der Waals surface area contributed by atoms with Gasteiger partial charge in [-0.25, -0.2) is 15.0 Å². The minimum atomic E-state index is 0.109. The van der Waals surface area contributed by atoms with E-state index in [1.165, 1.54) is 45.8 Å². The highest BCUT2D eigenvalue weighted by Gasteiger charge is 2.38. The van der Waals surface area contributed by atoms with Crippen molar-refractivity contribution in [3.63, 3.8) is 0 Å². The van der Waals surface area contributed by atoms with Crippen LogP contribution in [0.4, 0.5) is 0 Å². The third-order valence-electron chi connectivity index (χ3n) is 10.7. The Balaban J connectivity index is 1.31. The summed E-state index contributed by atoms with van der Waals surface area (Å²) in [5, 5.41) is 4.85. The third kappa shape index (κ3) is 4.77. The first kappa shape index (κ1) is 29.5. The Morgan fingerprint density at radius 2 is 0.959 bits per heavy atom. The van der Waals surface area contributed by atoms with Crippen LogP contribution in [0.1, 0.15) is 51.7 Å². The highest BCUT2D eigenvalue weighted by Crippen LogP contribution is 2.49. The first-order chi connectivity index (χ1) is 23.8. The average Bonchev–Trinajstić information content (AvgIpc) is 3.46. The van der Waals surface area contributed by atoms with Crippen molar-refractivity contribution in [3.05, 3.63) is 145 Å². The number of benzene rings is 6. The second-order valence-corrected chi connectivity index (χ2v) is 14.8. The molecule has 0 fully saturated rings. The van der Waals surface area contributed by atoms with Crippen LogP contribution in [-0.2, 0) is 10.8 Å². The van der Waals surface area contributed by atoms with Gasteiger partial charge in [0.2, 0.25) is 0 Å². The molecule has 0 amide bonds. The predicted octanol–water partition coefficient (Wildman–Crippen LogP) is 11.5. The summed E-state index contributed by atoms with van der Waals surface area (Å²) in [5.74, 6) is 1.99. The molecule has 1 aliphatic rings. The molecule has 1 aliphatic carbocycles. The van der Waals surface area contributed by atoms with Crippen LogP contribution in [0.3, 0.4) is 0 Å². The van der Waals surface area contributed by atoms with Crippen LogP contribution in [0.5, 0.6) is 0 Å². The SMILES string of the molecule is CC1(C)CCC(C)(C)c2cc3c(cc21)c1ccccc1n3-c1ccc(-c2nc(-c3ccccc3)nc(-c3ccccc3)n2)c2ccccc12. The second-order valence-electron chi connectivity index (χ2n) is 14.8. The zero-order chi connectivity index (χ0) is 33.3. The lowest BCUT2D eigenvalue weighted by Crippen LogP contribution is -2.33. The van der Waals surface area contributed by atoms with Gasteiger partial charge in [-0.1, -0.05) is 131 Å². The van der Waals surface area contributed by atoms with Gasteiger partial charge in [-0.2, -0.15) is 0 Å². The maximum atomic E-state index is 5.09. The summed E-state index contributed by atoms with van der Waals surface area (Å²) in [5.41, 5.74) is 9.72. The molecule has 4 nitrogen and oxygen atoms in total. The van der Waals surface area contributed by atoms with Crippen LogP contribution in [-0.4, -0.2) is 19.5 Å². The summed E-state index contributed by atoms with van der Waals surface area (Å²) in [4.78, 5) is 15.1. The largest absolute Gasteiger partial charge is 0.309 e. The van der Waals surface area contributed by atoms with Crippen LogP contribution in [0.25, 0.3) is 72.4 Å². The molecule has 0 saturated heterocycles. The summed E-state index contributed by atoms with van der Waals surface area (Å²) >= 11 is 0. The van der Waals surface area contributed by atoms with E-state index in [-0.39, 0.29) is 10.8 Å². The van der Waals surface area contributed by atoms with Crippen molar-refractivity contribution in [1.29, 1.82) is 0 Å². The summed E-state index contributed by atoms with van der Waals surface area (Å²) in [6.45, 7) is 9.64. The highest BCUT2D eigenvalue weighted by molar-refractivity contribution is 6.12. The van der Waals surface area contributed by atoms with Crippen molar-refractivity contribution < 1.29 is 0 Å². The number of aromatic nitrogens is 4. The molecule has 0 saturated carbocycles. The zero-order valence-corrected chi connectivity index (χ0v) is 28.4. The normalized spacial score (nSPS) is 15.1. The molecule has 0 radical (unpaired) electrons. The number of rotatable bonds is 4. The molecule has 4 heteroatoms. The van der Waals surface area contributed by atoms with Crippen molar-refractivity contribution in [2.24, 2.45) is 0 Å². The van der Waals surface area contributed by atoms with Crippen molar-refractivity contribution in [2.75, 3.05) is 0 Å². The van der Waals surface area contributed by atoms with Crippen molar-refractivity contribution in [1.82, 2.24) is 19.5 Å². The lowest BCUT2D eigenvalue weighted by Gasteiger charge is -2.42. The van der Waals surface area contributed by atoms with Crippen molar-refractivity contribution in [3.8, 4) is 39.9 Å². The van der Waals surface area contributed by atoms with Crippen LogP contribution in [0.15, 0.2) is 133 Å². The van der Waals surface area contributed by atoms with E-state index in [4.69, 9.17) is 15.0 Å². The predicted molar refractivity (Wildman–Crippen MR) is 203 cm³/mol. The molecule has 9 rings (SSSR count). The Bertz CT molecular complexity index is 2480. The second kappa shape index (κ2) is 11.0. The van der Waals surface area contributed by atoms with Gasteiger partial charge in [-0.05, 0) is 70.5 Å². The van der Waals surface area contributed by atoms with E-state index < -0.39 is 0 Å². The topological polar surface area (TPSA) is 43.6 Å². The third-order valence-corrected chi connectivity index (χ3v) is 10.7. The lowest BCUT2D eigenvalue weighted by molar-refractivity contribution is 0.332. The van der Waals surface area contributed by atoms with Gasteiger partial charge in [-0.3, -0.25) is 0 Å². The Morgan fingerprint density at radius 3 is 1.59 bits per heavy atom. The molecular weight excluding hydrogens is 597 g/mol. The minimum absolute atomic E-state index is 0.109.